The summed E-state index contributed by atoms with van der Waals surface area (Å²) in [5, 5.41) is 6.53. The minimum atomic E-state index is -2.98. The Bertz CT molecular complexity index is 786. The number of ether oxygens (including phenoxy) is 1. The van der Waals surface area contributed by atoms with Gasteiger partial charge in [0.05, 0.1) is 5.02 Å². The molecule has 0 fully saturated rings. The molecule has 0 unspecified atom stereocenters. The molecule has 1 aromatic heterocycles. The molecule has 1 heterocycles. The molecular weight excluding hydrogens is 397 g/mol. The highest BCUT2D eigenvalue weighted by Gasteiger charge is 2.15. The SMILES string of the molecule is CN=C(NCCc1ccc(C)nc1)NCc1cc(Cl)cc(Cl)c1OC(F)F. The molecule has 0 aliphatic rings. The third kappa shape index (κ3) is 6.84. The average Bonchev–Trinajstić information content (AvgIpc) is 2.62. The van der Waals surface area contributed by atoms with Gasteiger partial charge in [0.1, 0.15) is 5.75 Å². The highest BCUT2D eigenvalue weighted by molar-refractivity contribution is 6.35. The van der Waals surface area contributed by atoms with Crippen LogP contribution >= 0.6 is 23.2 Å². The van der Waals surface area contributed by atoms with E-state index in [2.05, 4.69) is 25.3 Å². The van der Waals surface area contributed by atoms with Crippen LogP contribution in [0.4, 0.5) is 8.78 Å². The minimum absolute atomic E-state index is 0.0226. The summed E-state index contributed by atoms with van der Waals surface area (Å²) >= 11 is 11.9. The van der Waals surface area contributed by atoms with Gasteiger partial charge in [-0.05, 0) is 37.1 Å². The van der Waals surface area contributed by atoms with Crippen LogP contribution < -0.4 is 15.4 Å². The second kappa shape index (κ2) is 10.3. The van der Waals surface area contributed by atoms with Crippen molar-refractivity contribution in [1.29, 1.82) is 0 Å². The number of guanidine groups is 1. The monoisotopic (exact) mass is 416 g/mol. The number of aliphatic imine (C=N–C) groups is 1. The summed E-state index contributed by atoms with van der Waals surface area (Å²) in [6, 6.07) is 6.84. The number of nitrogens with zero attached hydrogens (tertiary/aromatic N) is 2. The van der Waals surface area contributed by atoms with Gasteiger partial charge in [-0.15, -0.1) is 0 Å². The van der Waals surface area contributed by atoms with Crippen LogP contribution in [0, 0.1) is 6.92 Å². The van der Waals surface area contributed by atoms with E-state index in [0.717, 1.165) is 17.7 Å². The third-order valence-electron chi connectivity index (χ3n) is 3.64. The summed E-state index contributed by atoms with van der Waals surface area (Å²) in [6.07, 6.45) is 2.59. The van der Waals surface area contributed by atoms with E-state index in [0.29, 0.717) is 23.1 Å². The summed E-state index contributed by atoms with van der Waals surface area (Å²) in [4.78, 5) is 8.36. The van der Waals surface area contributed by atoms with E-state index >= 15 is 0 Å². The maximum Gasteiger partial charge on any atom is 0.387 e. The number of halogens is 4. The van der Waals surface area contributed by atoms with Gasteiger partial charge in [-0.25, -0.2) is 0 Å². The Hall–Kier alpha value is -2.12. The minimum Gasteiger partial charge on any atom is -0.433 e. The lowest BCUT2D eigenvalue weighted by molar-refractivity contribution is -0.0504. The summed E-state index contributed by atoms with van der Waals surface area (Å²) in [6.45, 7) is -0.264. The van der Waals surface area contributed by atoms with Gasteiger partial charge in [-0.1, -0.05) is 29.3 Å². The normalized spacial score (nSPS) is 11.6. The zero-order valence-electron chi connectivity index (χ0n) is 14.9. The molecule has 5 nitrogen and oxygen atoms in total. The van der Waals surface area contributed by atoms with Crippen molar-refractivity contribution >= 4 is 29.2 Å². The second-order valence-corrected chi connectivity index (χ2v) is 6.51. The van der Waals surface area contributed by atoms with Gasteiger partial charge in [-0.3, -0.25) is 9.98 Å². The number of aryl methyl sites for hydroxylation is 1. The molecule has 2 rings (SSSR count). The summed E-state index contributed by atoms with van der Waals surface area (Å²) in [5.74, 6) is 0.402. The molecule has 0 spiro atoms. The van der Waals surface area contributed by atoms with Crippen molar-refractivity contribution in [2.45, 2.75) is 26.5 Å². The number of pyridine rings is 1. The Balaban J connectivity index is 1.94. The predicted octanol–water partition coefficient (Wildman–Crippen LogP) is 4.21. The van der Waals surface area contributed by atoms with Crippen molar-refractivity contribution in [1.82, 2.24) is 15.6 Å². The van der Waals surface area contributed by atoms with Crippen molar-refractivity contribution in [3.63, 3.8) is 0 Å². The molecule has 0 radical (unpaired) electrons. The number of nitrogens with one attached hydrogen (secondary N) is 2. The largest absolute Gasteiger partial charge is 0.433 e. The highest BCUT2D eigenvalue weighted by atomic mass is 35.5. The quantitative estimate of drug-likeness (QED) is 0.524. The molecule has 27 heavy (non-hydrogen) atoms. The number of benzene rings is 1. The first-order valence-electron chi connectivity index (χ1n) is 8.18. The summed E-state index contributed by atoms with van der Waals surface area (Å²) in [7, 11) is 1.62. The fraction of sp³-hybridized carbons (Fsp3) is 0.333. The number of alkyl halides is 2. The first kappa shape index (κ1) is 21.2. The molecule has 0 saturated carbocycles. The fourth-order valence-electron chi connectivity index (χ4n) is 2.34. The standard InChI is InChI=1S/C18H20Cl2F2N4O/c1-11-3-4-12(9-25-11)5-6-24-18(23-2)26-10-13-7-14(19)8-15(20)16(13)27-17(21)22/h3-4,7-9,17H,5-6,10H2,1-2H3,(H2,23,24,26). The fourth-order valence-corrected chi connectivity index (χ4v) is 2.92. The topological polar surface area (TPSA) is 58.5 Å². The Labute approximate surface area is 166 Å². The van der Waals surface area contributed by atoms with E-state index in [-0.39, 0.29) is 17.3 Å². The maximum absolute atomic E-state index is 12.6. The van der Waals surface area contributed by atoms with Crippen LogP contribution in [-0.2, 0) is 13.0 Å². The van der Waals surface area contributed by atoms with Gasteiger partial charge in [0.25, 0.3) is 0 Å². The molecule has 9 heteroatoms. The van der Waals surface area contributed by atoms with Crippen molar-refractivity contribution in [3.8, 4) is 5.75 Å². The molecular formula is C18H20Cl2F2N4O. The van der Waals surface area contributed by atoms with Gasteiger partial charge >= 0.3 is 6.61 Å². The number of rotatable bonds is 7. The van der Waals surface area contributed by atoms with Crippen LogP contribution in [0.25, 0.3) is 0 Å². The highest BCUT2D eigenvalue weighted by Crippen LogP contribution is 2.33. The zero-order valence-corrected chi connectivity index (χ0v) is 16.4. The van der Waals surface area contributed by atoms with E-state index in [9.17, 15) is 8.78 Å². The number of hydrogen-bond acceptors (Lipinski definition) is 3. The van der Waals surface area contributed by atoms with E-state index in [1.54, 1.807) is 7.05 Å². The molecule has 0 aliphatic carbocycles. The van der Waals surface area contributed by atoms with E-state index in [1.807, 2.05) is 25.3 Å². The van der Waals surface area contributed by atoms with Crippen molar-refractivity contribution in [3.05, 3.63) is 57.3 Å². The maximum atomic E-state index is 12.6. The van der Waals surface area contributed by atoms with E-state index < -0.39 is 6.61 Å². The Morgan fingerprint density at radius 1 is 1.26 bits per heavy atom. The van der Waals surface area contributed by atoms with Gasteiger partial charge in [-0.2, -0.15) is 8.78 Å². The Morgan fingerprint density at radius 2 is 2.04 bits per heavy atom. The van der Waals surface area contributed by atoms with Crippen molar-refractivity contribution < 1.29 is 13.5 Å². The summed E-state index contributed by atoms with van der Waals surface area (Å²) < 4.78 is 29.8. The first-order chi connectivity index (χ1) is 12.9. The predicted molar refractivity (Wildman–Crippen MR) is 104 cm³/mol. The van der Waals surface area contributed by atoms with E-state index in [4.69, 9.17) is 23.2 Å². The molecule has 0 aliphatic heterocycles. The van der Waals surface area contributed by atoms with Crippen LogP contribution in [0.3, 0.4) is 0 Å². The molecule has 2 N–H and O–H groups in total. The van der Waals surface area contributed by atoms with Gasteiger partial charge in [0.15, 0.2) is 5.96 Å². The van der Waals surface area contributed by atoms with Crippen LogP contribution in [-0.4, -0.2) is 31.1 Å². The number of aromatic nitrogens is 1. The van der Waals surface area contributed by atoms with Gasteiger partial charge in [0.2, 0.25) is 0 Å². The lowest BCUT2D eigenvalue weighted by Gasteiger charge is -2.16. The molecule has 146 valence electrons. The van der Waals surface area contributed by atoms with E-state index in [1.165, 1.54) is 12.1 Å². The van der Waals surface area contributed by atoms with Crippen molar-refractivity contribution in [2.24, 2.45) is 4.99 Å². The van der Waals surface area contributed by atoms with Gasteiger partial charge in [0, 0.05) is 42.6 Å². The van der Waals surface area contributed by atoms with Crippen LogP contribution in [0.1, 0.15) is 16.8 Å². The zero-order chi connectivity index (χ0) is 19.8. The Kier molecular flexibility index (Phi) is 8.06. The molecule has 0 atom stereocenters. The molecule has 1 aromatic carbocycles. The Morgan fingerprint density at radius 3 is 2.67 bits per heavy atom. The average molecular weight is 417 g/mol. The van der Waals surface area contributed by atoms with Crippen LogP contribution in [0.15, 0.2) is 35.5 Å². The lowest BCUT2D eigenvalue weighted by Crippen LogP contribution is -2.38. The van der Waals surface area contributed by atoms with Crippen molar-refractivity contribution in [2.75, 3.05) is 13.6 Å². The lowest BCUT2D eigenvalue weighted by atomic mass is 10.2. The molecule has 0 amide bonds. The molecule has 0 bridgehead atoms. The first-order valence-corrected chi connectivity index (χ1v) is 8.93. The molecule has 2 aromatic rings. The summed E-state index contributed by atoms with van der Waals surface area (Å²) in [5.41, 5.74) is 2.46. The second-order valence-electron chi connectivity index (χ2n) is 5.66. The van der Waals surface area contributed by atoms with Gasteiger partial charge < -0.3 is 15.4 Å². The smallest absolute Gasteiger partial charge is 0.387 e. The van der Waals surface area contributed by atoms with Crippen LogP contribution in [0.2, 0.25) is 10.0 Å². The molecule has 0 saturated heterocycles. The van der Waals surface area contributed by atoms with Crippen LogP contribution in [0.5, 0.6) is 5.75 Å². The third-order valence-corrected chi connectivity index (χ3v) is 4.14. The number of hydrogen-bond donors (Lipinski definition) is 2.